The molecule has 0 aromatic carbocycles. The molecule has 3 rings (SSSR count). The van der Waals surface area contributed by atoms with Gasteiger partial charge in [-0.25, -0.2) is 0 Å². The fraction of sp³-hybridized carbons (Fsp3) is 0.562. The van der Waals surface area contributed by atoms with Crippen molar-refractivity contribution in [2.24, 2.45) is 0 Å². The van der Waals surface area contributed by atoms with E-state index in [1.54, 1.807) is 18.4 Å². The molecule has 1 aliphatic carbocycles. The number of carbonyl (C=O) groups is 1. The molecule has 1 fully saturated rings. The van der Waals surface area contributed by atoms with Crippen molar-refractivity contribution in [1.82, 2.24) is 15.5 Å². The number of amides is 1. The standard InChI is InChI=1S/C16H22N4O3/c1-3-8-20(11(2)15(21)17-12-6-7-12)10-14-18-19-16(23-14)13-5-4-9-22-13/h4-5,9,11-12H,3,6-8,10H2,1-2H3,(H,17,21)/p+1/t11-/m0/s1. The van der Waals surface area contributed by atoms with Crippen molar-refractivity contribution >= 4 is 5.91 Å². The van der Waals surface area contributed by atoms with Crippen LogP contribution in [0.2, 0.25) is 0 Å². The summed E-state index contributed by atoms with van der Waals surface area (Å²) in [5.74, 6) is 1.55. The highest BCUT2D eigenvalue weighted by Gasteiger charge is 2.31. The van der Waals surface area contributed by atoms with Gasteiger partial charge in [-0.3, -0.25) is 4.79 Å². The number of hydrogen-bond acceptors (Lipinski definition) is 5. The van der Waals surface area contributed by atoms with Crippen LogP contribution in [-0.4, -0.2) is 34.7 Å². The smallest absolute Gasteiger partial charge is 0.283 e. The minimum absolute atomic E-state index is 0.0988. The van der Waals surface area contributed by atoms with Crippen molar-refractivity contribution in [3.63, 3.8) is 0 Å². The van der Waals surface area contributed by atoms with Gasteiger partial charge in [-0.05, 0) is 38.3 Å². The lowest BCUT2D eigenvalue weighted by molar-refractivity contribution is -0.929. The summed E-state index contributed by atoms with van der Waals surface area (Å²) in [5.41, 5.74) is 0. The maximum absolute atomic E-state index is 12.3. The lowest BCUT2D eigenvalue weighted by Gasteiger charge is -2.23. The largest absolute Gasteiger partial charge is 0.459 e. The number of nitrogens with zero attached hydrogens (tertiary/aromatic N) is 2. The summed E-state index contributed by atoms with van der Waals surface area (Å²) in [6.45, 7) is 5.46. The Kier molecular flexibility index (Phi) is 4.76. The summed E-state index contributed by atoms with van der Waals surface area (Å²) in [5, 5.41) is 11.2. The highest BCUT2D eigenvalue weighted by molar-refractivity contribution is 5.80. The van der Waals surface area contributed by atoms with Gasteiger partial charge >= 0.3 is 0 Å². The van der Waals surface area contributed by atoms with E-state index in [1.165, 1.54) is 0 Å². The van der Waals surface area contributed by atoms with Gasteiger partial charge in [0.2, 0.25) is 0 Å². The molecule has 23 heavy (non-hydrogen) atoms. The number of hydrogen-bond donors (Lipinski definition) is 2. The van der Waals surface area contributed by atoms with Gasteiger partial charge in [0.25, 0.3) is 17.7 Å². The number of furan rings is 1. The molecule has 2 atom stereocenters. The van der Waals surface area contributed by atoms with Crippen molar-refractivity contribution in [2.75, 3.05) is 6.54 Å². The molecule has 2 aromatic heterocycles. The molecule has 1 amide bonds. The number of carbonyl (C=O) groups excluding carboxylic acids is 1. The molecule has 0 aliphatic heterocycles. The first kappa shape index (κ1) is 15.7. The summed E-state index contributed by atoms with van der Waals surface area (Å²) in [7, 11) is 0. The maximum Gasteiger partial charge on any atom is 0.283 e. The molecular weight excluding hydrogens is 296 g/mol. The molecule has 7 nitrogen and oxygen atoms in total. The molecule has 2 aromatic rings. The lowest BCUT2D eigenvalue weighted by Crippen LogP contribution is -3.15. The van der Waals surface area contributed by atoms with Crippen LogP contribution in [0.3, 0.4) is 0 Å². The SMILES string of the molecule is CCC[NH+](Cc1nnc(-c2ccco2)o1)[C@@H](C)C(=O)NC1CC1. The zero-order chi connectivity index (χ0) is 16.2. The minimum Gasteiger partial charge on any atom is -0.459 e. The van der Waals surface area contributed by atoms with Gasteiger partial charge in [-0.2, -0.15) is 0 Å². The third kappa shape index (κ3) is 3.98. The molecule has 2 heterocycles. The maximum atomic E-state index is 12.3. The second-order valence-corrected chi connectivity index (χ2v) is 6.07. The van der Waals surface area contributed by atoms with Gasteiger partial charge < -0.3 is 19.1 Å². The molecule has 0 saturated heterocycles. The highest BCUT2D eigenvalue weighted by atomic mass is 16.4. The van der Waals surface area contributed by atoms with Gasteiger partial charge in [0.1, 0.15) is 0 Å². The van der Waals surface area contributed by atoms with Crippen LogP contribution in [0.25, 0.3) is 11.7 Å². The Bertz CT molecular complexity index is 634. The Morgan fingerprint density at radius 2 is 2.30 bits per heavy atom. The fourth-order valence-electron chi connectivity index (χ4n) is 2.54. The third-order valence-electron chi connectivity index (χ3n) is 4.08. The topological polar surface area (TPSA) is 85.6 Å². The average molecular weight is 319 g/mol. The van der Waals surface area contributed by atoms with Crippen LogP contribution in [0.1, 0.15) is 39.0 Å². The summed E-state index contributed by atoms with van der Waals surface area (Å²) in [6, 6.07) is 3.79. The van der Waals surface area contributed by atoms with Gasteiger partial charge in [0.05, 0.1) is 12.8 Å². The zero-order valence-electron chi connectivity index (χ0n) is 13.5. The number of rotatable bonds is 8. The quantitative estimate of drug-likeness (QED) is 0.751. The zero-order valence-corrected chi connectivity index (χ0v) is 13.5. The highest BCUT2D eigenvalue weighted by Crippen LogP contribution is 2.19. The van der Waals surface area contributed by atoms with Crippen LogP contribution >= 0.6 is 0 Å². The van der Waals surface area contributed by atoms with E-state index in [4.69, 9.17) is 8.83 Å². The molecule has 0 spiro atoms. The predicted octanol–water partition coefficient (Wildman–Crippen LogP) is 0.792. The van der Waals surface area contributed by atoms with E-state index >= 15 is 0 Å². The van der Waals surface area contributed by atoms with Gasteiger partial charge in [-0.1, -0.05) is 6.92 Å². The second-order valence-electron chi connectivity index (χ2n) is 6.07. The molecule has 0 bridgehead atoms. The van der Waals surface area contributed by atoms with E-state index in [0.29, 0.717) is 30.1 Å². The Labute approximate surface area is 135 Å². The van der Waals surface area contributed by atoms with Crippen LogP contribution in [0, 0.1) is 0 Å². The fourth-order valence-corrected chi connectivity index (χ4v) is 2.54. The molecule has 2 N–H and O–H groups in total. The number of quaternary nitrogens is 1. The lowest BCUT2D eigenvalue weighted by atomic mass is 10.2. The van der Waals surface area contributed by atoms with Gasteiger partial charge in [0.15, 0.2) is 18.3 Å². The Morgan fingerprint density at radius 1 is 1.48 bits per heavy atom. The van der Waals surface area contributed by atoms with E-state index in [2.05, 4.69) is 22.4 Å². The normalized spacial score (nSPS) is 17.0. The summed E-state index contributed by atoms with van der Waals surface area (Å²) in [4.78, 5) is 13.4. The molecule has 124 valence electrons. The Balaban J connectivity index is 1.65. The van der Waals surface area contributed by atoms with E-state index in [9.17, 15) is 4.79 Å². The second kappa shape index (κ2) is 6.95. The van der Waals surface area contributed by atoms with Gasteiger partial charge in [-0.15, -0.1) is 10.2 Å². The van der Waals surface area contributed by atoms with Crippen LogP contribution in [0.15, 0.2) is 27.2 Å². The molecular formula is C16H23N4O3+. The van der Waals surface area contributed by atoms with Crippen molar-refractivity contribution in [3.05, 3.63) is 24.3 Å². The molecule has 1 unspecified atom stereocenters. The van der Waals surface area contributed by atoms with E-state index < -0.39 is 0 Å². The first-order valence-electron chi connectivity index (χ1n) is 8.18. The van der Waals surface area contributed by atoms with Gasteiger partial charge in [0, 0.05) is 6.04 Å². The van der Waals surface area contributed by atoms with Crippen molar-refractivity contribution < 1.29 is 18.5 Å². The van der Waals surface area contributed by atoms with Crippen molar-refractivity contribution in [1.29, 1.82) is 0 Å². The van der Waals surface area contributed by atoms with Crippen LogP contribution in [0.4, 0.5) is 0 Å². The molecule has 0 radical (unpaired) electrons. The van der Waals surface area contributed by atoms with Crippen molar-refractivity contribution in [3.8, 4) is 11.7 Å². The molecule has 1 aliphatic rings. The Hall–Kier alpha value is -2.15. The monoisotopic (exact) mass is 319 g/mol. The van der Waals surface area contributed by atoms with Crippen LogP contribution in [0.5, 0.6) is 0 Å². The number of aromatic nitrogens is 2. The number of nitrogens with one attached hydrogen (secondary N) is 2. The van der Waals surface area contributed by atoms with E-state index in [1.807, 2.05) is 6.92 Å². The van der Waals surface area contributed by atoms with Crippen LogP contribution in [-0.2, 0) is 11.3 Å². The van der Waals surface area contributed by atoms with Crippen LogP contribution < -0.4 is 10.2 Å². The first-order valence-corrected chi connectivity index (χ1v) is 8.18. The summed E-state index contributed by atoms with van der Waals surface area (Å²) in [6.07, 6.45) is 4.74. The summed E-state index contributed by atoms with van der Waals surface area (Å²) >= 11 is 0. The average Bonchev–Trinajstić information content (AvgIpc) is 3.04. The third-order valence-corrected chi connectivity index (χ3v) is 4.08. The van der Waals surface area contributed by atoms with Crippen molar-refractivity contribution in [2.45, 2.75) is 51.7 Å². The molecule has 1 saturated carbocycles. The first-order chi connectivity index (χ1) is 11.2. The minimum atomic E-state index is -0.144. The van der Waals surface area contributed by atoms with E-state index in [0.717, 1.165) is 30.7 Å². The van der Waals surface area contributed by atoms with E-state index in [-0.39, 0.29) is 11.9 Å². The predicted molar refractivity (Wildman–Crippen MR) is 82.5 cm³/mol. The Morgan fingerprint density at radius 3 is 2.96 bits per heavy atom. The summed E-state index contributed by atoms with van der Waals surface area (Å²) < 4.78 is 10.9. The molecule has 7 heteroatoms.